The largest absolute Gasteiger partial charge is 0.497 e. The van der Waals surface area contributed by atoms with E-state index in [-0.39, 0.29) is 17.7 Å². The molecule has 0 radical (unpaired) electrons. The van der Waals surface area contributed by atoms with Crippen LogP contribution in [0.2, 0.25) is 0 Å². The Labute approximate surface area is 163 Å². The van der Waals surface area contributed by atoms with Gasteiger partial charge in [-0.3, -0.25) is 4.79 Å². The fraction of sp³-hybridized carbons (Fsp3) is 0.318. The Morgan fingerprint density at radius 3 is 2.71 bits per heavy atom. The second-order valence-electron chi connectivity index (χ2n) is 7.48. The maximum absolute atomic E-state index is 12.9. The molecule has 146 valence electrons. The summed E-state index contributed by atoms with van der Waals surface area (Å²) < 4.78 is 22.5. The van der Waals surface area contributed by atoms with Crippen molar-refractivity contribution in [1.29, 1.82) is 0 Å². The summed E-state index contributed by atoms with van der Waals surface area (Å²) >= 11 is 0. The van der Waals surface area contributed by atoms with Gasteiger partial charge in [-0.05, 0) is 44.2 Å². The second-order valence-corrected chi connectivity index (χ2v) is 7.48. The van der Waals surface area contributed by atoms with Crippen molar-refractivity contribution in [3.63, 3.8) is 0 Å². The van der Waals surface area contributed by atoms with E-state index in [0.29, 0.717) is 17.8 Å². The molecule has 3 aromatic rings. The van der Waals surface area contributed by atoms with Crippen LogP contribution in [0.3, 0.4) is 0 Å². The molecular formula is C22H23NO5. The standard InChI is InChI=1S/C22H23NO5/c1-22(2)12-16(15-11-14(25-3)8-9-17(15)28-22)23-21(24)19-10-13-6-5-7-18(26-4)20(13)27-19/h5-11,16H,12H2,1-4H3,(H,23,24)/t16-/m1/s1. The molecule has 0 saturated carbocycles. The Hall–Kier alpha value is -3.15. The van der Waals surface area contributed by atoms with Crippen molar-refractivity contribution in [2.24, 2.45) is 0 Å². The van der Waals surface area contributed by atoms with E-state index < -0.39 is 5.60 Å². The molecule has 0 unspecified atom stereocenters. The SMILES string of the molecule is COc1ccc2c(c1)[C@H](NC(=O)c1cc3cccc(OC)c3o1)CC(C)(C)O2. The van der Waals surface area contributed by atoms with Crippen molar-refractivity contribution in [2.45, 2.75) is 31.9 Å². The lowest BCUT2D eigenvalue weighted by Crippen LogP contribution is -2.41. The molecule has 1 N–H and O–H groups in total. The number of hydrogen-bond acceptors (Lipinski definition) is 5. The number of benzene rings is 2. The van der Waals surface area contributed by atoms with Crippen molar-refractivity contribution in [1.82, 2.24) is 5.32 Å². The predicted octanol–water partition coefficient (Wildman–Crippen LogP) is 4.48. The molecule has 6 heteroatoms. The summed E-state index contributed by atoms with van der Waals surface area (Å²) in [6.07, 6.45) is 0.627. The summed E-state index contributed by atoms with van der Waals surface area (Å²) in [6.45, 7) is 4.01. The van der Waals surface area contributed by atoms with E-state index in [1.54, 1.807) is 26.4 Å². The van der Waals surface area contributed by atoms with Gasteiger partial charge in [0.05, 0.1) is 20.3 Å². The molecule has 1 atom stereocenters. The highest BCUT2D eigenvalue weighted by molar-refractivity contribution is 5.97. The summed E-state index contributed by atoms with van der Waals surface area (Å²) in [6, 6.07) is 12.7. The number of rotatable bonds is 4. The van der Waals surface area contributed by atoms with Crippen molar-refractivity contribution in [2.75, 3.05) is 14.2 Å². The number of carbonyl (C=O) groups is 1. The zero-order valence-electron chi connectivity index (χ0n) is 16.4. The number of ether oxygens (including phenoxy) is 3. The highest BCUT2D eigenvalue weighted by Crippen LogP contribution is 2.41. The molecule has 0 bridgehead atoms. The number of fused-ring (bicyclic) bond motifs is 2. The van der Waals surface area contributed by atoms with Crippen LogP contribution in [0.1, 0.15) is 42.4 Å². The molecule has 0 fully saturated rings. The lowest BCUT2D eigenvalue weighted by Gasteiger charge is -2.37. The first-order valence-corrected chi connectivity index (χ1v) is 9.14. The van der Waals surface area contributed by atoms with Crippen molar-refractivity contribution < 1.29 is 23.4 Å². The first kappa shape index (κ1) is 18.2. The van der Waals surface area contributed by atoms with Gasteiger partial charge in [0, 0.05) is 17.4 Å². The van der Waals surface area contributed by atoms with Crippen LogP contribution in [0, 0.1) is 0 Å². The number of methoxy groups -OCH3 is 2. The second kappa shape index (κ2) is 6.78. The van der Waals surface area contributed by atoms with Crippen molar-refractivity contribution >= 4 is 16.9 Å². The predicted molar refractivity (Wildman–Crippen MR) is 105 cm³/mol. The minimum atomic E-state index is -0.406. The highest BCUT2D eigenvalue weighted by atomic mass is 16.5. The first-order chi connectivity index (χ1) is 13.4. The van der Waals surface area contributed by atoms with Crippen molar-refractivity contribution in [3.05, 3.63) is 53.8 Å². The van der Waals surface area contributed by atoms with Gasteiger partial charge in [-0.1, -0.05) is 12.1 Å². The van der Waals surface area contributed by atoms with Gasteiger partial charge in [0.2, 0.25) is 0 Å². The normalized spacial score (nSPS) is 17.5. The van der Waals surface area contributed by atoms with E-state index in [1.807, 2.05) is 44.2 Å². The zero-order chi connectivity index (χ0) is 19.9. The van der Waals surface area contributed by atoms with Crippen LogP contribution < -0.4 is 19.5 Å². The fourth-order valence-electron chi connectivity index (χ4n) is 3.63. The fourth-order valence-corrected chi connectivity index (χ4v) is 3.63. The monoisotopic (exact) mass is 381 g/mol. The number of para-hydroxylation sites is 1. The van der Waals surface area contributed by atoms with E-state index in [0.717, 1.165) is 22.4 Å². The number of carbonyl (C=O) groups excluding carboxylic acids is 1. The van der Waals surface area contributed by atoms with E-state index in [2.05, 4.69) is 5.32 Å². The third-order valence-electron chi connectivity index (χ3n) is 4.93. The third kappa shape index (κ3) is 3.26. The van der Waals surface area contributed by atoms with Crippen molar-refractivity contribution in [3.8, 4) is 17.2 Å². The average molecular weight is 381 g/mol. The van der Waals surface area contributed by atoms with Crippen LogP contribution in [0.5, 0.6) is 17.2 Å². The van der Waals surface area contributed by atoms with Gasteiger partial charge in [0.25, 0.3) is 5.91 Å². The molecule has 1 amide bonds. The summed E-state index contributed by atoms with van der Waals surface area (Å²) in [5.41, 5.74) is 1.04. The Bertz CT molecular complexity index is 1040. The Morgan fingerprint density at radius 1 is 1.14 bits per heavy atom. The smallest absolute Gasteiger partial charge is 0.287 e. The average Bonchev–Trinajstić information content (AvgIpc) is 3.11. The number of hydrogen-bond donors (Lipinski definition) is 1. The Morgan fingerprint density at radius 2 is 1.96 bits per heavy atom. The molecule has 1 aromatic heterocycles. The molecule has 0 saturated heterocycles. The van der Waals surface area contributed by atoms with E-state index >= 15 is 0 Å². The van der Waals surface area contributed by atoms with E-state index in [4.69, 9.17) is 18.6 Å². The van der Waals surface area contributed by atoms with Gasteiger partial charge in [-0.15, -0.1) is 0 Å². The third-order valence-corrected chi connectivity index (χ3v) is 4.93. The maximum Gasteiger partial charge on any atom is 0.287 e. The quantitative estimate of drug-likeness (QED) is 0.721. The molecule has 0 spiro atoms. The number of furan rings is 1. The van der Waals surface area contributed by atoms with Crippen LogP contribution in [-0.4, -0.2) is 25.7 Å². The number of nitrogens with one attached hydrogen (secondary N) is 1. The molecule has 1 aliphatic heterocycles. The zero-order valence-corrected chi connectivity index (χ0v) is 16.4. The molecule has 0 aliphatic carbocycles. The van der Waals surface area contributed by atoms with Crippen LogP contribution in [0.25, 0.3) is 11.0 Å². The summed E-state index contributed by atoms with van der Waals surface area (Å²) in [5, 5.41) is 3.91. The van der Waals surface area contributed by atoms with Gasteiger partial charge in [0.15, 0.2) is 17.1 Å². The minimum absolute atomic E-state index is 0.226. The molecular weight excluding hydrogens is 358 g/mol. The maximum atomic E-state index is 12.9. The first-order valence-electron chi connectivity index (χ1n) is 9.14. The molecule has 28 heavy (non-hydrogen) atoms. The van der Waals surface area contributed by atoms with Gasteiger partial charge in [-0.25, -0.2) is 0 Å². The summed E-state index contributed by atoms with van der Waals surface area (Å²) in [4.78, 5) is 12.9. The van der Waals surface area contributed by atoms with Crippen LogP contribution in [-0.2, 0) is 0 Å². The topological polar surface area (TPSA) is 69.9 Å². The lowest BCUT2D eigenvalue weighted by molar-refractivity contribution is 0.0610. The summed E-state index contributed by atoms with van der Waals surface area (Å²) in [7, 11) is 3.19. The molecule has 4 rings (SSSR count). The highest BCUT2D eigenvalue weighted by Gasteiger charge is 2.35. The Balaban J connectivity index is 1.66. The van der Waals surface area contributed by atoms with E-state index in [9.17, 15) is 4.79 Å². The van der Waals surface area contributed by atoms with Crippen LogP contribution in [0.4, 0.5) is 0 Å². The Kier molecular flexibility index (Phi) is 4.41. The molecule has 6 nitrogen and oxygen atoms in total. The minimum Gasteiger partial charge on any atom is -0.497 e. The van der Waals surface area contributed by atoms with E-state index in [1.165, 1.54) is 0 Å². The van der Waals surface area contributed by atoms with Gasteiger partial charge >= 0.3 is 0 Å². The van der Waals surface area contributed by atoms with Crippen LogP contribution in [0.15, 0.2) is 46.9 Å². The molecule has 2 aromatic carbocycles. The van der Waals surface area contributed by atoms with Gasteiger partial charge < -0.3 is 23.9 Å². The number of amides is 1. The van der Waals surface area contributed by atoms with Gasteiger partial charge in [-0.2, -0.15) is 0 Å². The van der Waals surface area contributed by atoms with Gasteiger partial charge in [0.1, 0.15) is 17.1 Å². The molecule has 2 heterocycles. The van der Waals surface area contributed by atoms with Crippen LogP contribution >= 0.6 is 0 Å². The lowest BCUT2D eigenvalue weighted by atomic mass is 9.89. The summed E-state index contributed by atoms with van der Waals surface area (Å²) in [5.74, 6) is 2.02. The molecule has 1 aliphatic rings.